The highest BCUT2D eigenvalue weighted by Gasteiger charge is 2.30. The van der Waals surface area contributed by atoms with Crippen LogP contribution in [0.2, 0.25) is 0 Å². The van der Waals surface area contributed by atoms with E-state index in [9.17, 15) is 14.0 Å². The van der Waals surface area contributed by atoms with Gasteiger partial charge in [-0.25, -0.2) is 4.39 Å². The summed E-state index contributed by atoms with van der Waals surface area (Å²) < 4.78 is 23.5. The van der Waals surface area contributed by atoms with Gasteiger partial charge in [0.1, 0.15) is 21.8 Å². The molecule has 0 atom stereocenters. The minimum absolute atomic E-state index is 0.104. The monoisotopic (exact) mass is 306 g/mol. The first-order valence-electron chi connectivity index (χ1n) is 6.54. The number of methoxy groups -OCH3 is 1. The fourth-order valence-electron chi connectivity index (χ4n) is 2.73. The number of H-pyrrole nitrogens is 1. The van der Waals surface area contributed by atoms with E-state index < -0.39 is 16.8 Å². The Morgan fingerprint density at radius 2 is 2.14 bits per heavy atom. The molecule has 4 rings (SSSR count). The molecule has 108 valence electrons. The van der Waals surface area contributed by atoms with Crippen molar-refractivity contribution < 1.29 is 9.13 Å². The molecular formula is C14H11FN2O3S. The van der Waals surface area contributed by atoms with Crippen molar-refractivity contribution in [2.45, 2.75) is 18.9 Å². The number of nitrogens with zero attached hydrogens (tertiary/aromatic N) is 1. The summed E-state index contributed by atoms with van der Waals surface area (Å²) in [5, 5.41) is 0.294. The Morgan fingerprint density at radius 1 is 1.38 bits per heavy atom. The van der Waals surface area contributed by atoms with Crippen LogP contribution in [0, 0.1) is 5.82 Å². The molecule has 1 aliphatic carbocycles. The summed E-state index contributed by atoms with van der Waals surface area (Å²) in [7, 11) is 1.44. The Kier molecular flexibility index (Phi) is 2.50. The number of pyridine rings is 1. The molecule has 1 aromatic carbocycles. The number of rotatable bonds is 2. The lowest BCUT2D eigenvalue weighted by molar-refractivity contribution is 0.414. The Balaban J connectivity index is 2.35. The third-order valence-corrected chi connectivity index (χ3v) is 4.67. The lowest BCUT2D eigenvalue weighted by Crippen LogP contribution is -2.15. The normalized spacial score (nSPS) is 15.0. The van der Waals surface area contributed by atoms with Crippen LogP contribution >= 0.6 is 11.5 Å². The van der Waals surface area contributed by atoms with Crippen LogP contribution in [0.25, 0.3) is 21.1 Å². The topological polar surface area (TPSA) is 64.1 Å². The quantitative estimate of drug-likeness (QED) is 0.790. The van der Waals surface area contributed by atoms with E-state index in [-0.39, 0.29) is 16.8 Å². The molecule has 0 bridgehead atoms. The summed E-state index contributed by atoms with van der Waals surface area (Å²) in [5.41, 5.74) is -0.300. The lowest BCUT2D eigenvalue weighted by Gasteiger charge is -2.14. The molecule has 0 radical (unpaired) electrons. The van der Waals surface area contributed by atoms with Crippen molar-refractivity contribution in [2.24, 2.45) is 0 Å². The molecule has 1 fully saturated rings. The first-order chi connectivity index (χ1) is 10.1. The van der Waals surface area contributed by atoms with Crippen LogP contribution in [-0.2, 0) is 0 Å². The van der Waals surface area contributed by atoms with Crippen molar-refractivity contribution in [3.63, 3.8) is 0 Å². The zero-order valence-corrected chi connectivity index (χ0v) is 11.9. The van der Waals surface area contributed by atoms with E-state index in [1.54, 1.807) is 0 Å². The minimum atomic E-state index is -0.551. The average molecular weight is 306 g/mol. The molecule has 0 spiro atoms. The van der Waals surface area contributed by atoms with Crippen LogP contribution < -0.4 is 15.7 Å². The fraction of sp³-hybridized carbons (Fsp3) is 0.286. The van der Waals surface area contributed by atoms with Gasteiger partial charge in [0.2, 0.25) is 5.43 Å². The Hall–Kier alpha value is -2.15. The maximum absolute atomic E-state index is 13.7. The van der Waals surface area contributed by atoms with E-state index in [4.69, 9.17) is 4.74 Å². The number of nitrogens with one attached hydrogen (secondary N) is 1. The first-order valence-corrected chi connectivity index (χ1v) is 7.36. The number of halogens is 1. The van der Waals surface area contributed by atoms with Gasteiger partial charge in [-0.1, -0.05) is 0 Å². The van der Waals surface area contributed by atoms with Crippen LogP contribution in [0.1, 0.15) is 18.9 Å². The summed E-state index contributed by atoms with van der Waals surface area (Å²) >= 11 is 1.14. The zero-order chi connectivity index (χ0) is 14.7. The molecule has 0 aliphatic heterocycles. The molecule has 1 saturated carbocycles. The number of hydrogen-bond acceptors (Lipinski definition) is 4. The molecular weight excluding hydrogens is 295 g/mol. The summed E-state index contributed by atoms with van der Waals surface area (Å²) in [4.78, 5) is 25.0. The van der Waals surface area contributed by atoms with Crippen molar-refractivity contribution in [3.05, 3.63) is 38.5 Å². The fourth-order valence-corrected chi connectivity index (χ4v) is 3.65. The highest BCUT2D eigenvalue weighted by atomic mass is 32.1. The van der Waals surface area contributed by atoms with Crippen molar-refractivity contribution in [1.29, 1.82) is 0 Å². The molecule has 2 aromatic heterocycles. The number of hydrogen-bond donors (Lipinski definition) is 1. The SMILES string of the molecule is COc1cc(F)cc2c(=O)c3c(=O)[nH]sc3n(C3CC3)c12. The smallest absolute Gasteiger partial charge is 0.271 e. The number of fused-ring (bicyclic) bond motifs is 2. The molecule has 1 aliphatic rings. The van der Waals surface area contributed by atoms with Crippen molar-refractivity contribution in [2.75, 3.05) is 7.11 Å². The summed E-state index contributed by atoms with van der Waals surface area (Å²) in [6.45, 7) is 0. The lowest BCUT2D eigenvalue weighted by atomic mass is 10.1. The molecule has 0 unspecified atom stereocenters. The molecule has 2 heterocycles. The van der Waals surface area contributed by atoms with E-state index in [1.165, 1.54) is 19.2 Å². The number of benzene rings is 1. The molecule has 0 amide bonds. The zero-order valence-electron chi connectivity index (χ0n) is 11.1. The summed E-state index contributed by atoms with van der Waals surface area (Å²) in [5.74, 6) is -0.235. The van der Waals surface area contributed by atoms with E-state index >= 15 is 0 Å². The summed E-state index contributed by atoms with van der Waals surface area (Å²) in [6.07, 6.45) is 1.94. The predicted octanol–water partition coefficient (Wildman–Crippen LogP) is 2.39. The first kappa shape index (κ1) is 12.6. The van der Waals surface area contributed by atoms with Gasteiger partial charge < -0.3 is 9.30 Å². The van der Waals surface area contributed by atoms with Gasteiger partial charge in [-0.2, -0.15) is 0 Å². The largest absolute Gasteiger partial charge is 0.494 e. The molecule has 1 N–H and O–H groups in total. The number of aromatic amines is 1. The predicted molar refractivity (Wildman–Crippen MR) is 79.0 cm³/mol. The Morgan fingerprint density at radius 3 is 2.81 bits per heavy atom. The highest BCUT2D eigenvalue weighted by molar-refractivity contribution is 7.12. The van der Waals surface area contributed by atoms with Crippen molar-refractivity contribution >= 4 is 32.7 Å². The van der Waals surface area contributed by atoms with Crippen LogP contribution in [-0.4, -0.2) is 16.1 Å². The molecule has 3 aromatic rings. The van der Waals surface area contributed by atoms with Gasteiger partial charge in [0.25, 0.3) is 5.56 Å². The second-order valence-electron chi connectivity index (χ2n) is 5.15. The van der Waals surface area contributed by atoms with Crippen LogP contribution in [0.3, 0.4) is 0 Å². The maximum Gasteiger partial charge on any atom is 0.271 e. The Labute approximate surface area is 121 Å². The van der Waals surface area contributed by atoms with Gasteiger partial charge in [-0.3, -0.25) is 14.0 Å². The van der Waals surface area contributed by atoms with Crippen LogP contribution in [0.4, 0.5) is 4.39 Å². The van der Waals surface area contributed by atoms with Crippen molar-refractivity contribution in [3.8, 4) is 5.75 Å². The number of ether oxygens (including phenoxy) is 1. The molecule has 21 heavy (non-hydrogen) atoms. The van der Waals surface area contributed by atoms with Crippen LogP contribution in [0.15, 0.2) is 21.7 Å². The van der Waals surface area contributed by atoms with E-state index in [0.29, 0.717) is 16.1 Å². The molecule has 0 saturated heterocycles. The standard InChI is InChI=1S/C14H11FN2O3S/c1-20-9-5-6(15)4-8-11(9)17(7-2-3-7)14-10(12(8)18)13(19)16-21-14/h4-5,7H,2-3H2,1H3,(H,16,19). The average Bonchev–Trinajstić information content (AvgIpc) is 3.22. The maximum atomic E-state index is 13.7. The third kappa shape index (κ3) is 1.67. The van der Waals surface area contributed by atoms with E-state index in [2.05, 4.69) is 4.37 Å². The Bertz CT molecular complexity index is 997. The number of aromatic nitrogens is 2. The van der Waals surface area contributed by atoms with E-state index in [1.807, 2.05) is 4.57 Å². The van der Waals surface area contributed by atoms with Gasteiger partial charge in [0, 0.05) is 12.1 Å². The van der Waals surface area contributed by atoms with Crippen LogP contribution in [0.5, 0.6) is 5.75 Å². The third-order valence-electron chi connectivity index (χ3n) is 3.78. The van der Waals surface area contributed by atoms with Gasteiger partial charge in [0.15, 0.2) is 0 Å². The van der Waals surface area contributed by atoms with Gasteiger partial charge >= 0.3 is 0 Å². The highest BCUT2D eigenvalue weighted by Crippen LogP contribution is 2.42. The van der Waals surface area contributed by atoms with Gasteiger partial charge in [-0.15, -0.1) is 0 Å². The van der Waals surface area contributed by atoms with Gasteiger partial charge in [0.05, 0.1) is 18.0 Å². The van der Waals surface area contributed by atoms with E-state index in [0.717, 1.165) is 24.4 Å². The summed E-state index contributed by atoms with van der Waals surface area (Å²) in [6, 6.07) is 2.67. The van der Waals surface area contributed by atoms with Gasteiger partial charge in [-0.05, 0) is 30.4 Å². The molecule has 5 nitrogen and oxygen atoms in total. The molecule has 7 heteroatoms. The van der Waals surface area contributed by atoms with Crippen molar-refractivity contribution in [1.82, 2.24) is 8.94 Å². The minimum Gasteiger partial charge on any atom is -0.494 e. The second kappa shape index (κ2) is 4.17. The second-order valence-corrected chi connectivity index (χ2v) is 5.94.